The van der Waals surface area contributed by atoms with Crippen LogP contribution in [0, 0.1) is 6.92 Å². The summed E-state index contributed by atoms with van der Waals surface area (Å²) in [6, 6.07) is 12.3. The number of nitrogens with one attached hydrogen (secondary N) is 2. The van der Waals surface area contributed by atoms with Gasteiger partial charge in [0.05, 0.1) is 10.6 Å². The fraction of sp³-hybridized carbons (Fsp3) is 0.167. The molecule has 0 saturated carbocycles. The molecule has 0 saturated heterocycles. The first-order valence-corrected chi connectivity index (χ1v) is 10.1. The van der Waals surface area contributed by atoms with E-state index in [4.69, 9.17) is 0 Å². The van der Waals surface area contributed by atoms with E-state index in [9.17, 15) is 8.42 Å². The number of aryl methyl sites for hydroxylation is 1. The molecule has 2 N–H and O–H groups in total. The zero-order chi connectivity index (χ0) is 19.0. The Kier molecular flexibility index (Phi) is 4.15. The van der Waals surface area contributed by atoms with Crippen molar-refractivity contribution < 1.29 is 8.42 Å². The molecular weight excluding hydrogens is 364 g/mol. The number of hydrogen-bond acceptors (Lipinski definition) is 6. The average molecular weight is 382 g/mol. The standard InChI is InChI=1S/C18H18N6O2S/c1-3-27(25,26)14-7-4-6-13(11-14)17-20-16-8-5-9-24(16)18(21-17)19-15-10-12(2)22-23-15/h4-11H,3H2,1-2H3,(H2,19,20,21,22,23). The molecule has 9 heteroatoms. The van der Waals surface area contributed by atoms with Crippen molar-refractivity contribution in [3.05, 3.63) is 54.4 Å². The molecule has 0 radical (unpaired) electrons. The van der Waals surface area contributed by atoms with Crippen molar-refractivity contribution >= 4 is 27.3 Å². The van der Waals surface area contributed by atoms with Gasteiger partial charge in [-0.15, -0.1) is 0 Å². The lowest BCUT2D eigenvalue weighted by Gasteiger charge is -2.09. The zero-order valence-corrected chi connectivity index (χ0v) is 15.7. The van der Waals surface area contributed by atoms with E-state index in [1.165, 1.54) is 0 Å². The second kappa shape index (κ2) is 6.51. The first kappa shape index (κ1) is 17.2. The average Bonchev–Trinajstić information content (AvgIpc) is 3.30. The summed E-state index contributed by atoms with van der Waals surface area (Å²) in [5.41, 5.74) is 2.25. The Morgan fingerprint density at radius 3 is 2.74 bits per heavy atom. The second-order valence-electron chi connectivity index (χ2n) is 6.10. The Morgan fingerprint density at radius 1 is 1.15 bits per heavy atom. The zero-order valence-electron chi connectivity index (χ0n) is 14.8. The first-order valence-electron chi connectivity index (χ1n) is 8.43. The van der Waals surface area contributed by atoms with Gasteiger partial charge in [-0.05, 0) is 31.2 Å². The lowest BCUT2D eigenvalue weighted by molar-refractivity contribution is 0.597. The quantitative estimate of drug-likeness (QED) is 0.550. The van der Waals surface area contributed by atoms with Crippen LogP contribution in [0.2, 0.25) is 0 Å². The van der Waals surface area contributed by atoms with Gasteiger partial charge in [0.25, 0.3) is 0 Å². The van der Waals surface area contributed by atoms with Crippen molar-refractivity contribution in [2.24, 2.45) is 0 Å². The van der Waals surface area contributed by atoms with Gasteiger partial charge in [-0.2, -0.15) is 10.1 Å². The van der Waals surface area contributed by atoms with Gasteiger partial charge in [0.1, 0.15) is 5.65 Å². The van der Waals surface area contributed by atoms with Crippen LogP contribution >= 0.6 is 0 Å². The summed E-state index contributed by atoms with van der Waals surface area (Å²) >= 11 is 0. The Morgan fingerprint density at radius 2 is 2.00 bits per heavy atom. The smallest absolute Gasteiger partial charge is 0.216 e. The van der Waals surface area contributed by atoms with Crippen LogP contribution in [0.1, 0.15) is 12.6 Å². The molecule has 27 heavy (non-hydrogen) atoms. The Labute approximate surface area is 156 Å². The number of nitrogens with zero attached hydrogens (tertiary/aromatic N) is 4. The molecule has 4 rings (SSSR count). The van der Waals surface area contributed by atoms with Gasteiger partial charge in [0.2, 0.25) is 5.95 Å². The van der Waals surface area contributed by atoms with Crippen molar-refractivity contribution in [3.63, 3.8) is 0 Å². The number of hydrogen-bond donors (Lipinski definition) is 2. The van der Waals surface area contributed by atoms with E-state index in [2.05, 4.69) is 25.5 Å². The van der Waals surface area contributed by atoms with Crippen molar-refractivity contribution in [1.29, 1.82) is 0 Å². The molecule has 0 fully saturated rings. The van der Waals surface area contributed by atoms with Crippen molar-refractivity contribution in [1.82, 2.24) is 24.6 Å². The topological polar surface area (TPSA) is 105 Å². The fourth-order valence-electron chi connectivity index (χ4n) is 2.74. The van der Waals surface area contributed by atoms with Gasteiger partial charge in [0, 0.05) is 23.5 Å². The monoisotopic (exact) mass is 382 g/mol. The fourth-order valence-corrected chi connectivity index (χ4v) is 3.66. The van der Waals surface area contributed by atoms with E-state index in [0.717, 1.165) is 5.69 Å². The van der Waals surface area contributed by atoms with E-state index in [1.54, 1.807) is 35.6 Å². The minimum atomic E-state index is -3.31. The number of benzene rings is 1. The van der Waals surface area contributed by atoms with Crippen molar-refractivity contribution in [3.8, 4) is 11.4 Å². The predicted octanol–water partition coefficient (Wildman–Crippen LogP) is 2.97. The summed E-state index contributed by atoms with van der Waals surface area (Å²) in [7, 11) is -3.31. The Hall–Kier alpha value is -3.20. The number of fused-ring (bicyclic) bond motifs is 1. The van der Waals surface area contributed by atoms with Crippen LogP contribution in [0.25, 0.3) is 17.0 Å². The highest BCUT2D eigenvalue weighted by atomic mass is 32.2. The molecule has 0 unspecified atom stereocenters. The summed E-state index contributed by atoms with van der Waals surface area (Å²) in [5, 5.41) is 10.2. The van der Waals surface area contributed by atoms with E-state index >= 15 is 0 Å². The lowest BCUT2D eigenvalue weighted by atomic mass is 10.2. The van der Waals surface area contributed by atoms with Crippen LogP contribution in [0.4, 0.5) is 11.8 Å². The molecule has 0 atom stereocenters. The van der Waals surface area contributed by atoms with Crippen LogP contribution in [-0.2, 0) is 9.84 Å². The Balaban J connectivity index is 1.82. The molecule has 3 aromatic heterocycles. The van der Waals surface area contributed by atoms with E-state index in [0.29, 0.717) is 28.8 Å². The maximum atomic E-state index is 12.2. The largest absolute Gasteiger partial charge is 0.308 e. The van der Waals surface area contributed by atoms with Crippen molar-refractivity contribution in [2.75, 3.05) is 11.1 Å². The number of H-pyrrole nitrogens is 1. The predicted molar refractivity (Wildman–Crippen MR) is 103 cm³/mol. The van der Waals surface area contributed by atoms with Crippen LogP contribution in [-0.4, -0.2) is 38.7 Å². The summed E-state index contributed by atoms with van der Waals surface area (Å²) in [5.74, 6) is 1.65. The first-order chi connectivity index (χ1) is 13.0. The molecule has 3 heterocycles. The van der Waals surface area contributed by atoms with Gasteiger partial charge in [-0.25, -0.2) is 13.4 Å². The maximum absolute atomic E-state index is 12.2. The molecule has 138 valence electrons. The molecule has 0 bridgehead atoms. The SMILES string of the molecule is CCS(=O)(=O)c1cccc(-c2nc(Nc3cc(C)[nH]n3)n3cccc3n2)c1. The number of anilines is 2. The van der Waals surface area contributed by atoms with E-state index in [-0.39, 0.29) is 10.6 Å². The molecule has 1 aromatic carbocycles. The highest BCUT2D eigenvalue weighted by Gasteiger charge is 2.15. The normalized spacial score (nSPS) is 11.8. The number of sulfone groups is 1. The Bertz CT molecular complexity index is 1230. The molecule has 0 aliphatic rings. The molecule has 0 amide bonds. The van der Waals surface area contributed by atoms with Gasteiger partial charge in [-0.1, -0.05) is 19.1 Å². The van der Waals surface area contributed by atoms with Crippen LogP contribution in [0.15, 0.2) is 53.6 Å². The summed E-state index contributed by atoms with van der Waals surface area (Å²) < 4.78 is 26.2. The third-order valence-electron chi connectivity index (χ3n) is 4.16. The van der Waals surface area contributed by atoms with Gasteiger partial charge < -0.3 is 5.32 Å². The molecule has 0 spiro atoms. The number of aromatic nitrogens is 5. The minimum absolute atomic E-state index is 0.0420. The highest BCUT2D eigenvalue weighted by molar-refractivity contribution is 7.91. The molecule has 8 nitrogen and oxygen atoms in total. The van der Waals surface area contributed by atoms with Crippen LogP contribution in [0.3, 0.4) is 0 Å². The van der Waals surface area contributed by atoms with Gasteiger partial charge in [0.15, 0.2) is 21.5 Å². The third kappa shape index (κ3) is 3.28. The van der Waals surface area contributed by atoms with Crippen molar-refractivity contribution in [2.45, 2.75) is 18.7 Å². The van der Waals surface area contributed by atoms with Crippen LogP contribution in [0.5, 0.6) is 0 Å². The van der Waals surface area contributed by atoms with Crippen LogP contribution < -0.4 is 5.32 Å². The minimum Gasteiger partial charge on any atom is -0.308 e. The third-order valence-corrected chi connectivity index (χ3v) is 5.90. The van der Waals surface area contributed by atoms with E-state index in [1.807, 2.05) is 31.3 Å². The number of aromatic amines is 1. The second-order valence-corrected chi connectivity index (χ2v) is 8.38. The maximum Gasteiger partial charge on any atom is 0.216 e. The lowest BCUT2D eigenvalue weighted by Crippen LogP contribution is -2.06. The van der Waals surface area contributed by atoms with E-state index < -0.39 is 9.84 Å². The van der Waals surface area contributed by atoms with Gasteiger partial charge >= 0.3 is 0 Å². The molecule has 0 aliphatic carbocycles. The highest BCUT2D eigenvalue weighted by Crippen LogP contribution is 2.24. The summed E-state index contributed by atoms with van der Waals surface area (Å²) in [6.07, 6.45) is 1.85. The summed E-state index contributed by atoms with van der Waals surface area (Å²) in [6.45, 7) is 3.54. The molecule has 0 aliphatic heterocycles. The van der Waals surface area contributed by atoms with Gasteiger partial charge in [-0.3, -0.25) is 9.50 Å². The molecule has 4 aromatic rings. The number of rotatable bonds is 5. The summed E-state index contributed by atoms with van der Waals surface area (Å²) in [4.78, 5) is 9.40. The molecular formula is C18H18N6O2S.